The Morgan fingerprint density at radius 2 is 1.68 bits per heavy atom. The summed E-state index contributed by atoms with van der Waals surface area (Å²) in [4.78, 5) is 1.70. The van der Waals surface area contributed by atoms with Crippen molar-refractivity contribution in [2.24, 2.45) is 0 Å². The molecular weight excluding hydrogens is 234 g/mol. The van der Waals surface area contributed by atoms with E-state index in [1.807, 2.05) is 0 Å². The first-order valence-corrected chi connectivity index (χ1v) is 7.37. The summed E-state index contributed by atoms with van der Waals surface area (Å²) < 4.78 is 5.90. The highest BCUT2D eigenvalue weighted by molar-refractivity contribution is 5.83. The maximum atomic E-state index is 5.90. The van der Waals surface area contributed by atoms with Crippen LogP contribution in [0.4, 0.5) is 0 Å². The van der Waals surface area contributed by atoms with Crippen LogP contribution in [0, 0.1) is 0 Å². The molecule has 1 aliphatic heterocycles. The zero-order chi connectivity index (χ0) is 12.9. The number of fused-ring (bicyclic) bond motifs is 1. The van der Waals surface area contributed by atoms with Crippen molar-refractivity contribution in [3.63, 3.8) is 0 Å². The maximum absolute atomic E-state index is 5.90. The molecule has 0 amide bonds. The second-order valence-corrected chi connectivity index (χ2v) is 5.42. The average Bonchev–Trinajstić information content (AvgIpc) is 2.48. The van der Waals surface area contributed by atoms with Gasteiger partial charge in [0.25, 0.3) is 0 Å². The topological polar surface area (TPSA) is 13.7 Å². The molecule has 0 saturated carbocycles. The fraction of sp³-hybridized carbons (Fsp3) is 0.412. The van der Waals surface area contributed by atoms with E-state index in [9.17, 15) is 0 Å². The van der Waals surface area contributed by atoms with Crippen molar-refractivity contribution < 1.29 is 9.64 Å². The second kappa shape index (κ2) is 6.07. The Bertz CT molecular complexity index is 532. The zero-order valence-corrected chi connectivity index (χ0v) is 11.4. The lowest BCUT2D eigenvalue weighted by Gasteiger charge is -2.23. The van der Waals surface area contributed by atoms with Gasteiger partial charge in [-0.25, -0.2) is 0 Å². The van der Waals surface area contributed by atoms with Gasteiger partial charge in [0.05, 0.1) is 13.1 Å². The maximum Gasteiger partial charge on any atom is 0.137 e. The Labute approximate surface area is 115 Å². The quantitative estimate of drug-likeness (QED) is 0.886. The minimum Gasteiger partial charge on any atom is -0.488 e. The lowest BCUT2D eigenvalue weighted by molar-refractivity contribution is -0.904. The van der Waals surface area contributed by atoms with Crippen LogP contribution in [0.1, 0.15) is 19.3 Å². The molecule has 0 spiro atoms. The molecule has 0 aliphatic carbocycles. The van der Waals surface area contributed by atoms with Gasteiger partial charge in [0.1, 0.15) is 18.9 Å². The first-order valence-electron chi connectivity index (χ1n) is 7.37. The molecule has 19 heavy (non-hydrogen) atoms. The molecule has 2 aromatic rings. The third-order valence-electron chi connectivity index (χ3n) is 4.01. The number of benzene rings is 2. The molecule has 1 aliphatic rings. The molecule has 1 heterocycles. The molecule has 2 heteroatoms. The molecule has 2 nitrogen and oxygen atoms in total. The number of likely N-dealkylation sites (tertiary alicyclic amines) is 1. The molecule has 100 valence electrons. The van der Waals surface area contributed by atoms with E-state index < -0.39 is 0 Å². The lowest BCUT2D eigenvalue weighted by Crippen LogP contribution is -3.13. The average molecular weight is 256 g/mol. The highest BCUT2D eigenvalue weighted by atomic mass is 16.5. The van der Waals surface area contributed by atoms with Crippen molar-refractivity contribution in [1.82, 2.24) is 0 Å². The number of nitrogens with one attached hydrogen (secondary N) is 1. The molecule has 0 aromatic heterocycles. The van der Waals surface area contributed by atoms with Gasteiger partial charge >= 0.3 is 0 Å². The predicted molar refractivity (Wildman–Crippen MR) is 78.9 cm³/mol. The van der Waals surface area contributed by atoms with E-state index >= 15 is 0 Å². The molecule has 0 unspecified atom stereocenters. The third kappa shape index (κ3) is 3.27. The van der Waals surface area contributed by atoms with Crippen LogP contribution in [0.2, 0.25) is 0 Å². The monoisotopic (exact) mass is 256 g/mol. The zero-order valence-electron chi connectivity index (χ0n) is 11.4. The van der Waals surface area contributed by atoms with Gasteiger partial charge < -0.3 is 9.64 Å². The van der Waals surface area contributed by atoms with Gasteiger partial charge in [0.15, 0.2) is 0 Å². The first kappa shape index (κ1) is 12.5. The second-order valence-electron chi connectivity index (χ2n) is 5.42. The molecule has 0 atom stereocenters. The van der Waals surface area contributed by atoms with E-state index in [2.05, 4.69) is 42.5 Å². The molecule has 3 rings (SSSR count). The van der Waals surface area contributed by atoms with E-state index in [0.717, 1.165) is 18.9 Å². The molecule has 1 N–H and O–H groups in total. The summed E-state index contributed by atoms with van der Waals surface area (Å²) in [6.07, 6.45) is 4.17. The van der Waals surface area contributed by atoms with Gasteiger partial charge in [0.2, 0.25) is 0 Å². The van der Waals surface area contributed by atoms with Crippen LogP contribution in [0.15, 0.2) is 42.5 Å². The molecule has 2 aromatic carbocycles. The number of ether oxygens (including phenoxy) is 1. The van der Waals surface area contributed by atoms with E-state index in [4.69, 9.17) is 4.74 Å². The largest absolute Gasteiger partial charge is 0.488 e. The van der Waals surface area contributed by atoms with Crippen molar-refractivity contribution in [2.75, 3.05) is 26.2 Å². The minimum atomic E-state index is 0.827. The van der Waals surface area contributed by atoms with Crippen molar-refractivity contribution >= 4 is 10.8 Å². The summed E-state index contributed by atoms with van der Waals surface area (Å²) in [5, 5.41) is 2.53. The number of quaternary nitrogens is 1. The Morgan fingerprint density at radius 1 is 0.895 bits per heavy atom. The van der Waals surface area contributed by atoms with E-state index in [0.29, 0.717) is 0 Å². The minimum absolute atomic E-state index is 0.827. The van der Waals surface area contributed by atoms with E-state index in [1.165, 1.54) is 43.1 Å². The van der Waals surface area contributed by atoms with Crippen LogP contribution in [0.25, 0.3) is 10.8 Å². The van der Waals surface area contributed by atoms with Crippen molar-refractivity contribution in [3.05, 3.63) is 42.5 Å². The summed E-state index contributed by atoms with van der Waals surface area (Å²) in [6.45, 7) is 4.60. The number of piperidine rings is 1. The first-order chi connectivity index (χ1) is 9.42. The Morgan fingerprint density at radius 3 is 2.53 bits per heavy atom. The van der Waals surface area contributed by atoms with Crippen molar-refractivity contribution in [3.8, 4) is 5.75 Å². The number of hydrogen-bond acceptors (Lipinski definition) is 1. The van der Waals surface area contributed by atoms with Crippen molar-refractivity contribution in [2.45, 2.75) is 19.3 Å². The van der Waals surface area contributed by atoms with Gasteiger partial charge in [-0.2, -0.15) is 0 Å². The molecule has 0 radical (unpaired) electrons. The fourth-order valence-corrected chi connectivity index (χ4v) is 2.87. The highest BCUT2D eigenvalue weighted by Crippen LogP contribution is 2.20. The van der Waals surface area contributed by atoms with Gasteiger partial charge in [-0.1, -0.05) is 30.3 Å². The van der Waals surface area contributed by atoms with Crippen LogP contribution in [0.3, 0.4) is 0 Å². The van der Waals surface area contributed by atoms with Crippen LogP contribution in [-0.2, 0) is 0 Å². The van der Waals surface area contributed by atoms with Gasteiger partial charge in [0, 0.05) is 0 Å². The third-order valence-corrected chi connectivity index (χ3v) is 4.01. The lowest BCUT2D eigenvalue weighted by atomic mass is 10.1. The normalized spacial score (nSPS) is 16.6. The van der Waals surface area contributed by atoms with Crippen LogP contribution in [0.5, 0.6) is 5.75 Å². The van der Waals surface area contributed by atoms with Gasteiger partial charge in [-0.3, -0.25) is 0 Å². The fourth-order valence-electron chi connectivity index (χ4n) is 2.87. The summed E-state index contributed by atoms with van der Waals surface area (Å²) in [6, 6.07) is 14.8. The predicted octanol–water partition coefficient (Wildman–Crippen LogP) is 2.29. The summed E-state index contributed by atoms with van der Waals surface area (Å²) in [5.74, 6) is 0.995. The van der Waals surface area contributed by atoms with Gasteiger partial charge in [-0.15, -0.1) is 0 Å². The van der Waals surface area contributed by atoms with Crippen LogP contribution in [-0.4, -0.2) is 26.2 Å². The Balaban J connectivity index is 1.56. The van der Waals surface area contributed by atoms with Crippen LogP contribution >= 0.6 is 0 Å². The highest BCUT2D eigenvalue weighted by Gasteiger charge is 2.12. The number of rotatable bonds is 4. The Kier molecular flexibility index (Phi) is 3.99. The van der Waals surface area contributed by atoms with Crippen molar-refractivity contribution in [1.29, 1.82) is 0 Å². The Hall–Kier alpha value is -1.54. The molecule has 1 fully saturated rings. The van der Waals surface area contributed by atoms with Gasteiger partial charge in [-0.05, 0) is 42.2 Å². The molecule has 0 bridgehead atoms. The molecule has 1 saturated heterocycles. The van der Waals surface area contributed by atoms with E-state index in [-0.39, 0.29) is 0 Å². The van der Waals surface area contributed by atoms with Crippen LogP contribution < -0.4 is 9.64 Å². The summed E-state index contributed by atoms with van der Waals surface area (Å²) in [5.41, 5.74) is 0. The molecular formula is C17H22NO+. The summed E-state index contributed by atoms with van der Waals surface area (Å²) in [7, 11) is 0. The number of hydrogen-bond donors (Lipinski definition) is 1. The smallest absolute Gasteiger partial charge is 0.137 e. The summed E-state index contributed by atoms with van der Waals surface area (Å²) >= 11 is 0. The standard InChI is InChI=1S/C17H21NO/c1-4-10-18(11-5-1)12-13-19-17-9-8-15-6-2-3-7-16(15)14-17/h2-3,6-9,14H,1,4-5,10-13H2/p+1. The SMILES string of the molecule is c1ccc2cc(OCC[NH+]3CCCCC3)ccc2c1. The van der Waals surface area contributed by atoms with E-state index in [1.54, 1.807) is 4.90 Å².